The van der Waals surface area contributed by atoms with Gasteiger partial charge in [0.2, 0.25) is 5.76 Å². The summed E-state index contributed by atoms with van der Waals surface area (Å²) in [6.45, 7) is 1.14. The average molecular weight is 305 g/mol. The lowest BCUT2D eigenvalue weighted by Crippen LogP contribution is -2.14. The van der Waals surface area contributed by atoms with Crippen LogP contribution in [0.5, 0.6) is 0 Å². The molecule has 0 aliphatic heterocycles. The summed E-state index contributed by atoms with van der Waals surface area (Å²) in [6.07, 6.45) is -11.9. The number of aryl methyl sites for hydroxylation is 1. The first-order valence-corrected chi connectivity index (χ1v) is 5.35. The number of hydrogen-bond donors (Lipinski definition) is 0. The van der Waals surface area contributed by atoms with Crippen LogP contribution in [0.4, 0.5) is 26.3 Å². The lowest BCUT2D eigenvalue weighted by atomic mass is 10.3. The monoisotopic (exact) mass is 305 g/mol. The third-order valence-electron chi connectivity index (χ3n) is 2.02. The fraction of sp³-hybridized carbons (Fsp3) is 0.600. The van der Waals surface area contributed by atoms with E-state index in [1.807, 2.05) is 0 Å². The van der Waals surface area contributed by atoms with E-state index < -0.39 is 48.5 Å². The van der Waals surface area contributed by atoms with Crippen LogP contribution in [0.25, 0.3) is 0 Å². The third kappa shape index (κ3) is 4.42. The van der Waals surface area contributed by atoms with Gasteiger partial charge in [0, 0.05) is 6.42 Å². The fourth-order valence-corrected chi connectivity index (χ4v) is 1.25. The van der Waals surface area contributed by atoms with Crippen LogP contribution in [-0.4, -0.2) is 23.7 Å². The lowest BCUT2D eigenvalue weighted by Gasteiger charge is -2.03. The maximum atomic E-state index is 12.6. The minimum absolute atomic E-state index is 0.214. The van der Waals surface area contributed by atoms with E-state index in [0.717, 1.165) is 0 Å². The summed E-state index contributed by atoms with van der Waals surface area (Å²) in [5, 5.41) is 0. The Balaban J connectivity index is 3.03. The molecule has 0 N–H and O–H groups in total. The van der Waals surface area contributed by atoms with Gasteiger partial charge in [-0.05, 0) is 6.92 Å². The van der Waals surface area contributed by atoms with Gasteiger partial charge in [0.25, 0.3) is 0 Å². The van der Waals surface area contributed by atoms with Crippen molar-refractivity contribution in [1.82, 2.24) is 4.98 Å². The first-order chi connectivity index (χ1) is 9.04. The fourth-order valence-electron chi connectivity index (χ4n) is 1.25. The Labute approximate surface area is 108 Å². The van der Waals surface area contributed by atoms with E-state index in [-0.39, 0.29) is 6.61 Å². The van der Waals surface area contributed by atoms with Gasteiger partial charge < -0.3 is 9.15 Å². The Morgan fingerprint density at radius 3 is 2.30 bits per heavy atom. The van der Waals surface area contributed by atoms with Crippen molar-refractivity contribution < 1.29 is 40.3 Å². The number of alkyl halides is 6. The van der Waals surface area contributed by atoms with Crippen molar-refractivity contribution in [2.24, 2.45) is 0 Å². The zero-order chi connectivity index (χ0) is 15.6. The van der Waals surface area contributed by atoms with Crippen LogP contribution < -0.4 is 0 Å². The SMILES string of the molecule is CCOC(=O)c1oc(CCC(F)(F)F)nc1C(F)(F)F. The molecule has 0 radical (unpaired) electrons. The molecule has 1 heterocycles. The third-order valence-corrected chi connectivity index (χ3v) is 2.02. The Kier molecular flexibility index (Phi) is 4.66. The predicted octanol–water partition coefficient (Wildman–Crippen LogP) is 3.37. The molecule has 0 spiro atoms. The molecule has 0 aliphatic rings. The number of ether oxygens (including phenoxy) is 1. The molecular formula is C10H9F6NO3. The van der Waals surface area contributed by atoms with Crippen LogP contribution >= 0.6 is 0 Å². The van der Waals surface area contributed by atoms with Gasteiger partial charge in [-0.25, -0.2) is 9.78 Å². The van der Waals surface area contributed by atoms with Gasteiger partial charge in [-0.1, -0.05) is 0 Å². The topological polar surface area (TPSA) is 52.3 Å². The lowest BCUT2D eigenvalue weighted by molar-refractivity contribution is -0.141. The Morgan fingerprint density at radius 2 is 1.85 bits per heavy atom. The molecule has 0 bridgehead atoms. The van der Waals surface area contributed by atoms with Gasteiger partial charge >= 0.3 is 18.3 Å². The van der Waals surface area contributed by atoms with Gasteiger partial charge in [0.1, 0.15) is 0 Å². The largest absolute Gasteiger partial charge is 0.460 e. The molecule has 20 heavy (non-hydrogen) atoms. The number of halogens is 6. The summed E-state index contributed by atoms with van der Waals surface area (Å²) in [5.41, 5.74) is -1.69. The normalized spacial score (nSPS) is 12.6. The number of nitrogens with zero attached hydrogens (tertiary/aromatic N) is 1. The minimum Gasteiger partial charge on any atom is -0.460 e. The molecule has 114 valence electrons. The molecular weight excluding hydrogens is 296 g/mol. The van der Waals surface area contributed by atoms with Gasteiger partial charge in [0.15, 0.2) is 11.6 Å². The Bertz CT molecular complexity index is 476. The van der Waals surface area contributed by atoms with E-state index in [1.165, 1.54) is 6.92 Å². The molecule has 0 unspecified atom stereocenters. The quantitative estimate of drug-likeness (QED) is 0.632. The summed E-state index contributed by atoms with van der Waals surface area (Å²) in [4.78, 5) is 14.1. The van der Waals surface area contributed by atoms with Crippen molar-refractivity contribution in [3.05, 3.63) is 17.3 Å². The molecule has 0 saturated carbocycles. The first kappa shape index (κ1) is 16.3. The molecule has 4 nitrogen and oxygen atoms in total. The predicted molar refractivity (Wildman–Crippen MR) is 51.8 cm³/mol. The van der Waals surface area contributed by atoms with E-state index >= 15 is 0 Å². The van der Waals surface area contributed by atoms with Crippen molar-refractivity contribution in [3.63, 3.8) is 0 Å². The molecule has 0 fully saturated rings. The molecule has 10 heteroatoms. The number of carbonyl (C=O) groups excluding carboxylic acids is 1. The van der Waals surface area contributed by atoms with Crippen molar-refractivity contribution in [3.8, 4) is 0 Å². The van der Waals surface area contributed by atoms with Crippen LogP contribution in [0.3, 0.4) is 0 Å². The summed E-state index contributed by atoms with van der Waals surface area (Å²) < 4.78 is 82.5. The van der Waals surface area contributed by atoms with Crippen LogP contribution in [0.2, 0.25) is 0 Å². The van der Waals surface area contributed by atoms with Crippen molar-refractivity contribution in [2.75, 3.05) is 6.61 Å². The first-order valence-electron chi connectivity index (χ1n) is 5.35. The van der Waals surface area contributed by atoms with E-state index in [0.29, 0.717) is 0 Å². The zero-order valence-electron chi connectivity index (χ0n) is 10.1. The van der Waals surface area contributed by atoms with Crippen molar-refractivity contribution >= 4 is 5.97 Å². The van der Waals surface area contributed by atoms with E-state index in [4.69, 9.17) is 0 Å². The summed E-state index contributed by atoms with van der Waals surface area (Å²) in [7, 11) is 0. The number of rotatable bonds is 4. The maximum Gasteiger partial charge on any atom is 0.437 e. The molecule has 1 aromatic heterocycles. The summed E-state index contributed by atoms with van der Waals surface area (Å²) in [5.74, 6) is -3.49. The maximum absolute atomic E-state index is 12.6. The summed E-state index contributed by atoms with van der Waals surface area (Å²) in [6, 6.07) is 0. The molecule has 1 aromatic rings. The minimum atomic E-state index is -5.03. The van der Waals surface area contributed by atoms with Gasteiger partial charge in [-0.3, -0.25) is 0 Å². The second-order valence-corrected chi connectivity index (χ2v) is 3.62. The molecule has 1 rings (SSSR count). The Morgan fingerprint density at radius 1 is 1.25 bits per heavy atom. The van der Waals surface area contributed by atoms with E-state index in [1.54, 1.807) is 0 Å². The van der Waals surface area contributed by atoms with Gasteiger partial charge in [-0.2, -0.15) is 26.3 Å². The van der Waals surface area contributed by atoms with Crippen molar-refractivity contribution in [1.29, 1.82) is 0 Å². The Hall–Kier alpha value is -1.74. The standard InChI is InChI=1S/C10H9F6NO3/c1-2-19-8(18)6-7(10(14,15)16)17-5(20-6)3-4-9(11,12)13/h2-4H2,1H3. The number of esters is 1. The highest BCUT2D eigenvalue weighted by Gasteiger charge is 2.42. The number of aromatic nitrogens is 1. The zero-order valence-corrected chi connectivity index (χ0v) is 10.1. The molecule has 0 aromatic carbocycles. The average Bonchev–Trinajstić information content (AvgIpc) is 2.69. The molecule has 0 aliphatic carbocycles. The van der Waals surface area contributed by atoms with Crippen LogP contribution in [0.1, 0.15) is 35.5 Å². The molecule has 0 atom stereocenters. The smallest absolute Gasteiger partial charge is 0.437 e. The number of hydrogen-bond acceptors (Lipinski definition) is 4. The molecule has 0 amide bonds. The van der Waals surface area contributed by atoms with E-state index in [9.17, 15) is 31.1 Å². The molecule has 0 saturated heterocycles. The van der Waals surface area contributed by atoms with E-state index in [2.05, 4.69) is 14.1 Å². The highest BCUT2D eigenvalue weighted by molar-refractivity contribution is 5.87. The van der Waals surface area contributed by atoms with Gasteiger partial charge in [0.05, 0.1) is 13.0 Å². The second-order valence-electron chi connectivity index (χ2n) is 3.62. The van der Waals surface area contributed by atoms with Crippen LogP contribution in [-0.2, 0) is 17.3 Å². The number of oxazole rings is 1. The number of carbonyl (C=O) groups is 1. The summed E-state index contributed by atoms with van der Waals surface area (Å²) >= 11 is 0. The van der Waals surface area contributed by atoms with Crippen LogP contribution in [0.15, 0.2) is 4.42 Å². The highest BCUT2D eigenvalue weighted by Crippen LogP contribution is 2.33. The second kappa shape index (κ2) is 5.71. The highest BCUT2D eigenvalue weighted by atomic mass is 19.4. The van der Waals surface area contributed by atoms with Crippen molar-refractivity contribution in [2.45, 2.75) is 32.1 Å². The van der Waals surface area contributed by atoms with Crippen LogP contribution in [0, 0.1) is 0 Å². The van der Waals surface area contributed by atoms with Gasteiger partial charge in [-0.15, -0.1) is 0 Å².